The summed E-state index contributed by atoms with van der Waals surface area (Å²) in [5.41, 5.74) is -1.90. The number of aromatic nitrogens is 2. The molecule has 6 nitrogen and oxygen atoms in total. The summed E-state index contributed by atoms with van der Waals surface area (Å²) in [6, 6.07) is 7.95. The Hall–Kier alpha value is -2.39. The third-order valence-electron chi connectivity index (χ3n) is 4.87. The molecular weight excluding hydrogens is 363 g/mol. The summed E-state index contributed by atoms with van der Waals surface area (Å²) in [5, 5.41) is 3.85. The highest BCUT2D eigenvalue weighted by atomic mass is 19.4. The molecule has 9 heteroatoms. The fourth-order valence-electron chi connectivity index (χ4n) is 3.56. The summed E-state index contributed by atoms with van der Waals surface area (Å²) < 4.78 is 53.2. The first-order valence-electron chi connectivity index (χ1n) is 8.61. The summed E-state index contributed by atoms with van der Waals surface area (Å²) in [4.78, 5) is 14.3. The van der Waals surface area contributed by atoms with E-state index in [4.69, 9.17) is 9.47 Å². The highest BCUT2D eigenvalue weighted by molar-refractivity contribution is 5.95. The second kappa shape index (κ2) is 6.65. The van der Waals surface area contributed by atoms with Crippen molar-refractivity contribution in [1.82, 2.24) is 14.7 Å². The van der Waals surface area contributed by atoms with Crippen molar-refractivity contribution in [3.8, 4) is 5.69 Å². The number of nitrogens with zero attached hydrogens (tertiary/aromatic N) is 3. The van der Waals surface area contributed by atoms with E-state index >= 15 is 0 Å². The molecule has 3 heterocycles. The third kappa shape index (κ3) is 3.32. The van der Waals surface area contributed by atoms with Crippen LogP contribution < -0.4 is 0 Å². The standard InChI is InChI=1S/C18H18F3N3O3/c19-18(20,21)15-14(10-22-24(15)13-4-2-1-3-5-13)16(25)23-7-9-27-17(11-23)6-8-26-12-17/h1-5,10H,6-9,11-12H2/t17-/m0/s1. The van der Waals surface area contributed by atoms with Crippen LogP contribution in [-0.4, -0.2) is 59.1 Å². The van der Waals surface area contributed by atoms with Crippen molar-refractivity contribution in [3.05, 3.63) is 47.8 Å². The maximum atomic E-state index is 13.8. The lowest BCUT2D eigenvalue weighted by Crippen LogP contribution is -2.54. The zero-order valence-electron chi connectivity index (χ0n) is 14.4. The first-order chi connectivity index (χ1) is 12.9. The number of hydrogen-bond donors (Lipinski definition) is 0. The van der Waals surface area contributed by atoms with E-state index in [0.717, 1.165) is 10.9 Å². The van der Waals surface area contributed by atoms with E-state index in [2.05, 4.69) is 5.10 Å². The van der Waals surface area contributed by atoms with Gasteiger partial charge in [0.15, 0.2) is 5.69 Å². The van der Waals surface area contributed by atoms with Crippen molar-refractivity contribution in [2.24, 2.45) is 0 Å². The normalized spacial score (nSPS) is 23.1. The van der Waals surface area contributed by atoms with Crippen LogP contribution in [0, 0.1) is 0 Å². The van der Waals surface area contributed by atoms with Crippen LogP contribution in [0.15, 0.2) is 36.5 Å². The van der Waals surface area contributed by atoms with Gasteiger partial charge < -0.3 is 14.4 Å². The molecule has 1 spiro atoms. The lowest BCUT2D eigenvalue weighted by molar-refractivity contribution is -0.143. The summed E-state index contributed by atoms with van der Waals surface area (Å²) in [6.45, 7) is 1.56. The molecule has 2 aliphatic rings. The molecule has 2 aliphatic heterocycles. The lowest BCUT2D eigenvalue weighted by Gasteiger charge is -2.39. The number of para-hydroxylation sites is 1. The highest BCUT2D eigenvalue weighted by Gasteiger charge is 2.45. The van der Waals surface area contributed by atoms with Crippen LogP contribution in [0.4, 0.5) is 13.2 Å². The van der Waals surface area contributed by atoms with E-state index in [1.54, 1.807) is 18.2 Å². The fourth-order valence-corrected chi connectivity index (χ4v) is 3.56. The van der Waals surface area contributed by atoms with Gasteiger partial charge in [-0.1, -0.05) is 18.2 Å². The Bertz CT molecular complexity index is 829. The zero-order chi connectivity index (χ0) is 19.1. The lowest BCUT2D eigenvalue weighted by atomic mass is 10.00. The number of carbonyl (C=O) groups is 1. The van der Waals surface area contributed by atoms with E-state index in [1.807, 2.05) is 0 Å². The molecule has 144 valence electrons. The molecule has 1 aromatic heterocycles. The summed E-state index contributed by atoms with van der Waals surface area (Å²) >= 11 is 0. The van der Waals surface area contributed by atoms with Gasteiger partial charge in [0, 0.05) is 19.6 Å². The molecule has 1 aromatic carbocycles. The molecule has 2 saturated heterocycles. The quantitative estimate of drug-likeness (QED) is 0.802. The number of ether oxygens (including phenoxy) is 2. The Morgan fingerprint density at radius 3 is 2.63 bits per heavy atom. The number of morpholine rings is 1. The predicted molar refractivity (Wildman–Crippen MR) is 88.6 cm³/mol. The number of halogens is 3. The van der Waals surface area contributed by atoms with E-state index in [-0.39, 0.29) is 25.4 Å². The molecule has 27 heavy (non-hydrogen) atoms. The summed E-state index contributed by atoms with van der Waals surface area (Å²) in [7, 11) is 0. The van der Waals surface area contributed by atoms with Crippen LogP contribution >= 0.6 is 0 Å². The number of hydrogen-bond acceptors (Lipinski definition) is 4. The first kappa shape index (κ1) is 18.0. The minimum atomic E-state index is -4.72. The van der Waals surface area contributed by atoms with Crippen molar-refractivity contribution >= 4 is 5.91 Å². The highest BCUT2D eigenvalue weighted by Crippen LogP contribution is 2.35. The monoisotopic (exact) mass is 381 g/mol. The van der Waals surface area contributed by atoms with Crippen LogP contribution in [0.5, 0.6) is 0 Å². The Kier molecular flexibility index (Phi) is 4.43. The van der Waals surface area contributed by atoms with E-state index in [1.165, 1.54) is 17.0 Å². The largest absolute Gasteiger partial charge is 0.434 e. The zero-order valence-corrected chi connectivity index (χ0v) is 14.4. The second-order valence-electron chi connectivity index (χ2n) is 6.71. The number of benzene rings is 1. The molecule has 0 saturated carbocycles. The van der Waals surface area contributed by atoms with Gasteiger partial charge in [-0.15, -0.1) is 0 Å². The average Bonchev–Trinajstić information content (AvgIpc) is 3.29. The number of carbonyl (C=O) groups excluding carboxylic acids is 1. The molecule has 0 aliphatic carbocycles. The van der Waals surface area contributed by atoms with E-state index < -0.39 is 28.9 Å². The maximum Gasteiger partial charge on any atom is 0.434 e. The summed E-state index contributed by atoms with van der Waals surface area (Å²) in [6.07, 6.45) is -3.12. The van der Waals surface area contributed by atoms with E-state index in [0.29, 0.717) is 19.6 Å². The van der Waals surface area contributed by atoms with Gasteiger partial charge in [-0.2, -0.15) is 18.3 Å². The molecule has 0 radical (unpaired) electrons. The van der Waals surface area contributed by atoms with Gasteiger partial charge >= 0.3 is 6.18 Å². The van der Waals surface area contributed by atoms with Gasteiger partial charge in [0.05, 0.1) is 37.2 Å². The van der Waals surface area contributed by atoms with Crippen molar-refractivity contribution in [2.45, 2.75) is 18.2 Å². The molecule has 0 N–H and O–H groups in total. The Morgan fingerprint density at radius 2 is 1.96 bits per heavy atom. The van der Waals surface area contributed by atoms with E-state index in [9.17, 15) is 18.0 Å². The van der Waals surface area contributed by atoms with Gasteiger partial charge in [-0.3, -0.25) is 4.79 Å². The first-order valence-corrected chi connectivity index (χ1v) is 8.61. The van der Waals surface area contributed by atoms with Crippen LogP contribution in [0.25, 0.3) is 5.69 Å². The van der Waals surface area contributed by atoms with Crippen LogP contribution in [0.2, 0.25) is 0 Å². The van der Waals surface area contributed by atoms with Gasteiger partial charge in [0.2, 0.25) is 0 Å². The number of rotatable bonds is 2. The predicted octanol–water partition coefficient (Wildman–Crippen LogP) is 2.52. The maximum absolute atomic E-state index is 13.8. The number of amides is 1. The van der Waals surface area contributed by atoms with Crippen molar-refractivity contribution < 1.29 is 27.4 Å². The van der Waals surface area contributed by atoms with Crippen molar-refractivity contribution in [2.75, 3.05) is 32.9 Å². The molecular formula is C18H18F3N3O3. The molecule has 4 rings (SSSR count). The Morgan fingerprint density at radius 1 is 1.19 bits per heavy atom. The fraction of sp³-hybridized carbons (Fsp3) is 0.444. The van der Waals surface area contributed by atoms with Crippen molar-refractivity contribution in [3.63, 3.8) is 0 Å². The second-order valence-corrected chi connectivity index (χ2v) is 6.71. The average molecular weight is 381 g/mol. The molecule has 0 bridgehead atoms. The third-order valence-corrected chi connectivity index (χ3v) is 4.87. The summed E-state index contributed by atoms with van der Waals surface area (Å²) in [5.74, 6) is -0.695. The smallest absolute Gasteiger partial charge is 0.378 e. The molecule has 0 unspecified atom stereocenters. The topological polar surface area (TPSA) is 56.6 Å². The Balaban J connectivity index is 1.69. The SMILES string of the molecule is O=C(c1cnn(-c2ccccc2)c1C(F)(F)F)N1CCO[C@@]2(CCOC2)C1. The van der Waals surface area contributed by atoms with Crippen LogP contribution in [0.1, 0.15) is 22.5 Å². The molecule has 1 atom stereocenters. The van der Waals surface area contributed by atoms with Gasteiger partial charge in [0.1, 0.15) is 5.60 Å². The molecule has 2 aromatic rings. The van der Waals surface area contributed by atoms with Crippen molar-refractivity contribution in [1.29, 1.82) is 0 Å². The minimum absolute atomic E-state index is 0.208. The van der Waals surface area contributed by atoms with Crippen LogP contribution in [0.3, 0.4) is 0 Å². The minimum Gasteiger partial charge on any atom is -0.378 e. The van der Waals surface area contributed by atoms with Gasteiger partial charge in [-0.05, 0) is 12.1 Å². The van der Waals surface area contributed by atoms with Crippen LogP contribution in [-0.2, 0) is 15.7 Å². The number of alkyl halides is 3. The Labute approximate surface area is 153 Å². The van der Waals surface area contributed by atoms with Gasteiger partial charge in [-0.25, -0.2) is 4.68 Å². The molecule has 1 amide bonds. The van der Waals surface area contributed by atoms with Gasteiger partial charge in [0.25, 0.3) is 5.91 Å². The molecule has 2 fully saturated rings.